The minimum absolute atomic E-state index is 0.373. The third-order valence-corrected chi connectivity index (χ3v) is 9.07. The number of rotatable bonds is 5. The van der Waals surface area contributed by atoms with Gasteiger partial charge in [0.1, 0.15) is 6.61 Å². The fourth-order valence-electron chi connectivity index (χ4n) is 6.33. The minimum atomic E-state index is 0.373. The van der Waals surface area contributed by atoms with Crippen LogP contribution < -0.4 is 9.47 Å². The Labute approximate surface area is 361 Å². The summed E-state index contributed by atoms with van der Waals surface area (Å²) in [6.07, 6.45) is 3.11. The van der Waals surface area contributed by atoms with Crippen LogP contribution in [0.4, 0.5) is 0 Å². The summed E-state index contributed by atoms with van der Waals surface area (Å²) in [6, 6.07) is 22.2. The highest BCUT2D eigenvalue weighted by Crippen LogP contribution is 2.44. The molecule has 0 fully saturated rings. The van der Waals surface area contributed by atoms with Gasteiger partial charge in [-0.3, -0.25) is 4.90 Å². The predicted molar refractivity (Wildman–Crippen MR) is 244 cm³/mol. The molecule has 0 saturated heterocycles. The highest BCUT2D eigenvalue weighted by molar-refractivity contribution is 5.85. The Morgan fingerprint density at radius 3 is 1.59 bits per heavy atom. The van der Waals surface area contributed by atoms with E-state index in [1.165, 1.54) is 44.4 Å². The van der Waals surface area contributed by atoms with E-state index in [1.54, 1.807) is 21.0 Å². The van der Waals surface area contributed by atoms with Crippen LogP contribution in [0.15, 0.2) is 60.7 Å². The Morgan fingerprint density at radius 1 is 0.607 bits per heavy atom. The summed E-state index contributed by atoms with van der Waals surface area (Å²) in [5.74, 6) is 67.3. The molecular formula is C57H36N2O2. The maximum atomic E-state index is 6.31. The molecule has 0 radical (unpaired) electrons. The summed E-state index contributed by atoms with van der Waals surface area (Å²) in [5.41, 5.74) is 9.38. The Bertz CT molecular complexity index is 3060. The highest BCUT2D eigenvalue weighted by atomic mass is 16.5. The van der Waals surface area contributed by atoms with Crippen molar-refractivity contribution in [3.05, 3.63) is 94.2 Å². The van der Waals surface area contributed by atoms with E-state index in [0.717, 1.165) is 43.9 Å². The van der Waals surface area contributed by atoms with Crippen molar-refractivity contribution in [2.45, 2.75) is 59.2 Å². The number of benzene rings is 3. The number of aromatic nitrogens is 1. The molecule has 0 spiro atoms. The molecule has 3 aromatic carbocycles. The number of hydrogen-bond donors (Lipinski definition) is 1. The molecule has 1 N–H and O–H groups in total. The third-order valence-electron chi connectivity index (χ3n) is 9.07. The molecule has 1 atom stereocenters. The van der Waals surface area contributed by atoms with Crippen molar-refractivity contribution in [2.24, 2.45) is 0 Å². The van der Waals surface area contributed by atoms with Gasteiger partial charge in [-0.25, -0.2) is 0 Å². The smallest absolute Gasteiger partial charge is 0.162 e. The minimum Gasteiger partial charge on any atom is -0.493 e. The van der Waals surface area contributed by atoms with Gasteiger partial charge >= 0.3 is 0 Å². The molecule has 1 aromatic heterocycles. The Kier molecular flexibility index (Phi) is 17.4. The first-order chi connectivity index (χ1) is 30.1. The zero-order valence-electron chi connectivity index (χ0n) is 34.4. The molecule has 1 unspecified atom stereocenters. The summed E-state index contributed by atoms with van der Waals surface area (Å²) in [6.45, 7) is 8.15. The molecule has 4 aromatic rings. The van der Waals surface area contributed by atoms with E-state index < -0.39 is 0 Å². The van der Waals surface area contributed by atoms with Crippen LogP contribution in [0.3, 0.4) is 0 Å². The first-order valence-electron chi connectivity index (χ1n) is 19.2. The lowest BCUT2D eigenvalue weighted by Gasteiger charge is -2.40. The SMILES string of the molecule is CC#CC#CC#CC#CC#CC#CC#CC#CC#CC#CC#CC#CC#CC.CCc1ccc(COc2cc3c(cc2OC)CCN2Cc4[nH]c5ccccc5c4CC32)cc1. The molecule has 2 aliphatic rings. The third kappa shape index (κ3) is 13.6. The standard InChI is InChI=1S/C29H30N2O2.C28H6/c1-3-19-8-10-20(11-9-19)18-33-29-16-23-21(14-28(29)32-2)12-13-31-17-26-24(15-27(23)31)22-6-4-5-7-25(22)30-26;1-3-5-7-9-11-13-15-17-19-21-23-25-27-28-26-24-22-20-18-16-14-12-10-8-6-4-2/h4-11,14,16,27,30H,3,12-13,15,17-18H2,1-2H3;1-2H3. The second kappa shape index (κ2) is 24.6. The molecule has 0 amide bonds. The van der Waals surface area contributed by atoms with E-state index in [4.69, 9.17) is 9.47 Å². The fraction of sp³-hybridized carbons (Fsp3) is 0.193. The molecule has 6 rings (SSSR count). The number of methoxy groups -OCH3 is 1. The van der Waals surface area contributed by atoms with Gasteiger partial charge in [0, 0.05) is 83.1 Å². The number of ether oxygens (including phenoxy) is 2. The Hall–Kier alpha value is -8.96. The quantitative estimate of drug-likeness (QED) is 0.221. The molecule has 3 heterocycles. The van der Waals surface area contributed by atoms with Crippen molar-refractivity contribution in [1.29, 1.82) is 0 Å². The van der Waals surface area contributed by atoms with Crippen LogP contribution in [0.1, 0.15) is 60.3 Å². The van der Waals surface area contributed by atoms with E-state index in [9.17, 15) is 0 Å². The van der Waals surface area contributed by atoms with Gasteiger partial charge in [-0.15, -0.1) is 0 Å². The molecule has 4 nitrogen and oxygen atoms in total. The molecule has 0 bridgehead atoms. The van der Waals surface area contributed by atoms with Crippen LogP contribution in [-0.2, 0) is 32.4 Å². The van der Waals surface area contributed by atoms with Crippen molar-refractivity contribution >= 4 is 10.9 Å². The second-order valence-electron chi connectivity index (χ2n) is 12.7. The number of nitrogens with one attached hydrogen (secondary N) is 1. The van der Waals surface area contributed by atoms with Crippen molar-refractivity contribution in [2.75, 3.05) is 13.7 Å². The molecule has 61 heavy (non-hydrogen) atoms. The van der Waals surface area contributed by atoms with E-state index in [0.29, 0.717) is 12.6 Å². The molecular weight excluding hydrogens is 745 g/mol. The van der Waals surface area contributed by atoms with Gasteiger partial charge in [-0.1, -0.05) is 61.2 Å². The zero-order valence-corrected chi connectivity index (χ0v) is 34.4. The molecule has 2 aliphatic heterocycles. The van der Waals surface area contributed by atoms with Crippen molar-refractivity contribution in [1.82, 2.24) is 9.88 Å². The normalized spacial score (nSPS) is 11.2. The number of fused-ring (bicyclic) bond motifs is 6. The van der Waals surface area contributed by atoms with E-state index in [2.05, 4.69) is 231 Å². The lowest BCUT2D eigenvalue weighted by molar-refractivity contribution is 0.158. The van der Waals surface area contributed by atoms with Gasteiger partial charge in [-0.05, 0) is 174 Å². The van der Waals surface area contributed by atoms with Gasteiger partial charge in [0.05, 0.1) is 7.11 Å². The maximum absolute atomic E-state index is 6.31. The van der Waals surface area contributed by atoms with Gasteiger partial charge in [-0.2, -0.15) is 0 Å². The average molecular weight is 781 g/mol. The summed E-state index contributed by atoms with van der Waals surface area (Å²) in [7, 11) is 1.73. The van der Waals surface area contributed by atoms with Crippen molar-refractivity contribution < 1.29 is 9.47 Å². The van der Waals surface area contributed by atoms with E-state index >= 15 is 0 Å². The molecule has 0 aliphatic carbocycles. The Balaban J connectivity index is 0.000000236. The summed E-state index contributed by atoms with van der Waals surface area (Å²) >= 11 is 0. The number of hydrogen-bond acceptors (Lipinski definition) is 3. The van der Waals surface area contributed by atoms with Gasteiger partial charge in [0.15, 0.2) is 11.5 Å². The monoisotopic (exact) mass is 780 g/mol. The maximum Gasteiger partial charge on any atom is 0.162 e. The second-order valence-corrected chi connectivity index (χ2v) is 12.7. The summed E-state index contributed by atoms with van der Waals surface area (Å²) in [4.78, 5) is 6.27. The number of H-pyrrole nitrogens is 1. The van der Waals surface area contributed by atoms with Gasteiger partial charge in [0.25, 0.3) is 0 Å². The number of para-hydroxylation sites is 1. The van der Waals surface area contributed by atoms with Crippen molar-refractivity contribution in [3.8, 4) is 165 Å². The molecule has 0 saturated carbocycles. The Morgan fingerprint density at radius 2 is 1.10 bits per heavy atom. The summed E-state index contributed by atoms with van der Waals surface area (Å²) in [5, 5.41) is 1.36. The van der Waals surface area contributed by atoms with E-state index in [1.807, 2.05) is 0 Å². The van der Waals surface area contributed by atoms with Crippen LogP contribution in [0.5, 0.6) is 11.5 Å². The van der Waals surface area contributed by atoms with E-state index in [-0.39, 0.29) is 0 Å². The topological polar surface area (TPSA) is 37.5 Å². The fourth-order valence-corrected chi connectivity index (χ4v) is 6.33. The molecule has 286 valence electrons. The van der Waals surface area contributed by atoms with Crippen LogP contribution in [0.25, 0.3) is 10.9 Å². The zero-order chi connectivity index (χ0) is 42.7. The number of nitrogens with zero attached hydrogens (tertiary/aromatic N) is 1. The van der Waals surface area contributed by atoms with Crippen molar-refractivity contribution in [3.63, 3.8) is 0 Å². The van der Waals surface area contributed by atoms with Crippen LogP contribution in [0.2, 0.25) is 0 Å². The van der Waals surface area contributed by atoms with Crippen LogP contribution in [-0.4, -0.2) is 23.5 Å². The lowest BCUT2D eigenvalue weighted by atomic mass is 9.85. The summed E-state index contributed by atoms with van der Waals surface area (Å²) < 4.78 is 12.0. The predicted octanol–water partition coefficient (Wildman–Crippen LogP) is 7.04. The highest BCUT2D eigenvalue weighted by Gasteiger charge is 2.34. The number of aryl methyl sites for hydroxylation is 1. The average Bonchev–Trinajstić information content (AvgIpc) is 3.66. The lowest BCUT2D eigenvalue weighted by Crippen LogP contribution is -2.39. The first-order valence-corrected chi connectivity index (χ1v) is 19.2. The van der Waals surface area contributed by atoms with Gasteiger partial charge in [0.2, 0.25) is 0 Å². The van der Waals surface area contributed by atoms with Crippen LogP contribution >= 0.6 is 0 Å². The molecule has 4 heteroatoms. The van der Waals surface area contributed by atoms with Gasteiger partial charge < -0.3 is 14.5 Å². The first kappa shape index (κ1) is 43.2. The number of aromatic amines is 1. The van der Waals surface area contributed by atoms with Crippen LogP contribution in [0, 0.1) is 154 Å². The largest absolute Gasteiger partial charge is 0.493 e.